The van der Waals surface area contributed by atoms with Gasteiger partial charge in [0, 0.05) is 6.61 Å². The van der Waals surface area contributed by atoms with Crippen LogP contribution in [-0.4, -0.2) is 19.3 Å². The van der Waals surface area contributed by atoms with Crippen molar-refractivity contribution in [3.8, 4) is 0 Å². The van der Waals surface area contributed by atoms with Gasteiger partial charge >= 0.3 is 0 Å². The van der Waals surface area contributed by atoms with E-state index in [1.165, 1.54) is 12.8 Å². The van der Waals surface area contributed by atoms with Crippen LogP contribution >= 0.6 is 0 Å². The zero-order valence-corrected chi connectivity index (χ0v) is 5.97. The Bertz CT molecular complexity index is 79.0. The summed E-state index contributed by atoms with van der Waals surface area (Å²) in [6.07, 6.45) is 2.88. The van der Waals surface area contributed by atoms with E-state index >= 15 is 0 Å². The molecule has 9 heavy (non-hydrogen) atoms. The fourth-order valence-electron chi connectivity index (χ4n) is 1.20. The van der Waals surface area contributed by atoms with Crippen molar-refractivity contribution in [1.29, 1.82) is 0 Å². The van der Waals surface area contributed by atoms with Crippen molar-refractivity contribution in [2.45, 2.75) is 25.9 Å². The maximum absolute atomic E-state index is 5.47. The Morgan fingerprint density at radius 1 is 1.78 bits per heavy atom. The molecule has 0 amide bonds. The van der Waals surface area contributed by atoms with E-state index in [1.807, 2.05) is 0 Å². The highest BCUT2D eigenvalue weighted by Gasteiger charge is 2.20. The number of hydrogen-bond acceptors (Lipinski definition) is 2. The number of hydrogen-bond donors (Lipinski definition) is 1. The molecule has 1 aliphatic heterocycles. The molecule has 1 rings (SSSR count). The average molecular weight is 129 g/mol. The van der Waals surface area contributed by atoms with Gasteiger partial charge in [0.05, 0.1) is 6.10 Å². The molecule has 0 aliphatic carbocycles. The lowest BCUT2D eigenvalue weighted by atomic mass is 10.0. The third-order valence-corrected chi connectivity index (χ3v) is 1.97. The van der Waals surface area contributed by atoms with Gasteiger partial charge in [-0.2, -0.15) is 0 Å². The molecule has 2 heteroatoms. The zero-order valence-electron chi connectivity index (χ0n) is 5.97. The molecule has 0 aromatic heterocycles. The topological polar surface area (TPSA) is 35.2 Å². The lowest BCUT2D eigenvalue weighted by Crippen LogP contribution is -2.24. The van der Waals surface area contributed by atoms with E-state index in [0.29, 0.717) is 12.0 Å². The molecule has 1 fully saturated rings. The van der Waals surface area contributed by atoms with Crippen LogP contribution in [0.4, 0.5) is 0 Å². The molecule has 0 bridgehead atoms. The minimum Gasteiger partial charge on any atom is -0.378 e. The summed E-state index contributed by atoms with van der Waals surface area (Å²) in [5.74, 6) is 0.549. The van der Waals surface area contributed by atoms with Crippen LogP contribution in [0.3, 0.4) is 0 Å². The van der Waals surface area contributed by atoms with Crippen LogP contribution in [0.1, 0.15) is 19.8 Å². The van der Waals surface area contributed by atoms with Gasteiger partial charge in [-0.05, 0) is 25.3 Å². The van der Waals surface area contributed by atoms with Crippen molar-refractivity contribution < 1.29 is 4.74 Å². The van der Waals surface area contributed by atoms with Crippen molar-refractivity contribution in [3.63, 3.8) is 0 Å². The summed E-state index contributed by atoms with van der Waals surface area (Å²) in [6.45, 7) is 3.84. The average Bonchev–Trinajstić information content (AvgIpc) is 2.37. The van der Waals surface area contributed by atoms with E-state index in [2.05, 4.69) is 6.92 Å². The summed E-state index contributed by atoms with van der Waals surface area (Å²) < 4.78 is 5.43. The van der Waals surface area contributed by atoms with Crippen LogP contribution in [-0.2, 0) is 4.74 Å². The molecule has 0 saturated carbocycles. The van der Waals surface area contributed by atoms with Crippen molar-refractivity contribution in [3.05, 3.63) is 0 Å². The first-order valence-electron chi connectivity index (χ1n) is 3.66. The second-order valence-corrected chi connectivity index (χ2v) is 2.76. The van der Waals surface area contributed by atoms with E-state index in [-0.39, 0.29) is 0 Å². The molecule has 0 aromatic carbocycles. The van der Waals surface area contributed by atoms with Crippen molar-refractivity contribution >= 4 is 0 Å². The quantitative estimate of drug-likeness (QED) is 0.597. The Kier molecular flexibility index (Phi) is 2.49. The predicted molar refractivity (Wildman–Crippen MR) is 37.2 cm³/mol. The first kappa shape index (κ1) is 7.03. The highest BCUT2D eigenvalue weighted by atomic mass is 16.5. The van der Waals surface area contributed by atoms with Gasteiger partial charge in [0.25, 0.3) is 0 Å². The van der Waals surface area contributed by atoms with E-state index in [9.17, 15) is 0 Å². The Balaban J connectivity index is 2.24. The number of nitrogens with two attached hydrogens (primary N) is 1. The first-order chi connectivity index (χ1) is 4.34. The lowest BCUT2D eigenvalue weighted by molar-refractivity contribution is 0.0724. The predicted octanol–water partition coefficient (Wildman–Crippen LogP) is 0.760. The van der Waals surface area contributed by atoms with Gasteiger partial charge in [-0.25, -0.2) is 0 Å². The molecule has 54 valence electrons. The molecule has 0 spiro atoms. The summed E-state index contributed by atoms with van der Waals surface area (Å²) in [7, 11) is 0. The first-order valence-corrected chi connectivity index (χ1v) is 3.66. The second-order valence-electron chi connectivity index (χ2n) is 2.76. The van der Waals surface area contributed by atoms with Gasteiger partial charge in [-0.3, -0.25) is 0 Å². The monoisotopic (exact) mass is 129 g/mol. The van der Waals surface area contributed by atoms with E-state index in [0.717, 1.165) is 13.2 Å². The molecule has 1 heterocycles. The standard InChI is InChI=1S/C7H15NO/c1-6(5-8)7-3-2-4-9-7/h6-7H,2-5,8H2,1H3/t6-,7-/m0/s1. The van der Waals surface area contributed by atoms with Crippen LogP contribution < -0.4 is 5.73 Å². The Hall–Kier alpha value is -0.0800. The summed E-state index contributed by atoms with van der Waals surface area (Å²) in [5, 5.41) is 0. The molecular formula is C7H15NO. The molecule has 0 aromatic rings. The minimum atomic E-state index is 0.454. The van der Waals surface area contributed by atoms with Crippen LogP contribution in [0, 0.1) is 5.92 Å². The van der Waals surface area contributed by atoms with E-state index < -0.39 is 0 Å². The largest absolute Gasteiger partial charge is 0.378 e. The van der Waals surface area contributed by atoms with Crippen LogP contribution in [0.5, 0.6) is 0 Å². The maximum Gasteiger partial charge on any atom is 0.0613 e. The Morgan fingerprint density at radius 2 is 2.56 bits per heavy atom. The highest BCUT2D eigenvalue weighted by molar-refractivity contribution is 4.71. The van der Waals surface area contributed by atoms with Gasteiger partial charge in [0.2, 0.25) is 0 Å². The summed E-state index contributed by atoms with van der Waals surface area (Å²) >= 11 is 0. The zero-order chi connectivity index (χ0) is 6.69. The minimum absolute atomic E-state index is 0.454. The van der Waals surface area contributed by atoms with Crippen LogP contribution in [0.2, 0.25) is 0 Å². The van der Waals surface area contributed by atoms with Gasteiger partial charge in [0.1, 0.15) is 0 Å². The van der Waals surface area contributed by atoms with Crippen LogP contribution in [0.15, 0.2) is 0 Å². The third-order valence-electron chi connectivity index (χ3n) is 1.97. The van der Waals surface area contributed by atoms with Crippen molar-refractivity contribution in [2.24, 2.45) is 11.7 Å². The summed E-state index contributed by atoms with van der Waals surface area (Å²) in [5.41, 5.74) is 5.47. The summed E-state index contributed by atoms with van der Waals surface area (Å²) in [6, 6.07) is 0. The normalized spacial score (nSPS) is 30.7. The van der Waals surface area contributed by atoms with Crippen molar-refractivity contribution in [2.75, 3.05) is 13.2 Å². The second kappa shape index (κ2) is 3.18. The highest BCUT2D eigenvalue weighted by Crippen LogP contribution is 2.18. The van der Waals surface area contributed by atoms with Gasteiger partial charge in [-0.15, -0.1) is 0 Å². The Morgan fingerprint density at radius 3 is 3.00 bits per heavy atom. The fraction of sp³-hybridized carbons (Fsp3) is 1.00. The lowest BCUT2D eigenvalue weighted by Gasteiger charge is -2.15. The molecular weight excluding hydrogens is 114 g/mol. The van der Waals surface area contributed by atoms with Crippen molar-refractivity contribution in [1.82, 2.24) is 0 Å². The third kappa shape index (κ3) is 1.66. The van der Waals surface area contributed by atoms with Crippen LogP contribution in [0.25, 0.3) is 0 Å². The fourth-order valence-corrected chi connectivity index (χ4v) is 1.20. The molecule has 2 atom stereocenters. The maximum atomic E-state index is 5.47. The number of ether oxygens (including phenoxy) is 1. The van der Waals surface area contributed by atoms with Gasteiger partial charge < -0.3 is 10.5 Å². The Labute approximate surface area is 56.4 Å². The molecule has 0 unspecified atom stereocenters. The van der Waals surface area contributed by atoms with E-state index in [4.69, 9.17) is 10.5 Å². The smallest absolute Gasteiger partial charge is 0.0613 e. The molecule has 0 radical (unpaired) electrons. The number of rotatable bonds is 2. The van der Waals surface area contributed by atoms with Gasteiger partial charge in [-0.1, -0.05) is 6.92 Å². The summed E-state index contributed by atoms with van der Waals surface area (Å²) in [4.78, 5) is 0. The molecule has 1 aliphatic rings. The molecule has 2 N–H and O–H groups in total. The van der Waals surface area contributed by atoms with E-state index in [1.54, 1.807) is 0 Å². The molecule has 1 saturated heterocycles. The van der Waals surface area contributed by atoms with Gasteiger partial charge in [0.15, 0.2) is 0 Å². The molecule has 2 nitrogen and oxygen atoms in total. The SMILES string of the molecule is C[C@@H](CN)[C@@H]1CCCO1.